The van der Waals surface area contributed by atoms with Gasteiger partial charge in [-0.15, -0.1) is 5.06 Å². The summed E-state index contributed by atoms with van der Waals surface area (Å²) in [7, 11) is 0. The molecule has 1 unspecified atom stereocenters. The Balaban J connectivity index is 2.22. The predicted molar refractivity (Wildman–Crippen MR) is 43.8 cm³/mol. The van der Waals surface area contributed by atoms with Crippen molar-refractivity contribution in [2.24, 2.45) is 0 Å². The van der Waals surface area contributed by atoms with E-state index in [4.69, 9.17) is 4.55 Å². The lowest BCUT2D eigenvalue weighted by Gasteiger charge is -2.23. The minimum Gasteiger partial charge on any atom is -0.335 e. The standard InChI is InChI=1S/C6H11NO5S/c8-6(12-13(9)10)11-7-4-2-1-3-5-7/h1-5H2,(H,9,10). The summed E-state index contributed by atoms with van der Waals surface area (Å²) in [6, 6.07) is 0. The van der Waals surface area contributed by atoms with Crippen molar-refractivity contribution in [3.05, 3.63) is 0 Å². The molecule has 1 fully saturated rings. The summed E-state index contributed by atoms with van der Waals surface area (Å²) in [5, 5.41) is 1.43. The molecule has 0 bridgehead atoms. The molecular weight excluding hydrogens is 198 g/mol. The first-order valence-corrected chi connectivity index (χ1v) is 4.98. The van der Waals surface area contributed by atoms with Gasteiger partial charge in [0.1, 0.15) is 0 Å². The van der Waals surface area contributed by atoms with Gasteiger partial charge in [-0.25, -0.2) is 4.79 Å². The molecule has 13 heavy (non-hydrogen) atoms. The molecule has 0 aliphatic carbocycles. The summed E-state index contributed by atoms with van der Waals surface area (Å²) in [6.07, 6.45) is 1.88. The van der Waals surface area contributed by atoms with Crippen LogP contribution in [0.4, 0.5) is 4.79 Å². The van der Waals surface area contributed by atoms with Crippen molar-refractivity contribution in [3.8, 4) is 0 Å². The van der Waals surface area contributed by atoms with Gasteiger partial charge in [-0.3, -0.25) is 4.55 Å². The van der Waals surface area contributed by atoms with Gasteiger partial charge in [0.2, 0.25) is 0 Å². The fourth-order valence-corrected chi connectivity index (χ4v) is 1.28. The number of hydrogen-bond donors (Lipinski definition) is 1. The fourth-order valence-electron chi connectivity index (χ4n) is 1.14. The SMILES string of the molecule is O=C(ON1CCCCC1)OS(=O)O. The molecule has 0 amide bonds. The van der Waals surface area contributed by atoms with Crippen LogP contribution >= 0.6 is 0 Å². The molecule has 1 heterocycles. The second kappa shape index (κ2) is 5.15. The van der Waals surface area contributed by atoms with E-state index < -0.39 is 17.5 Å². The number of nitrogens with zero attached hydrogens (tertiary/aromatic N) is 1. The zero-order chi connectivity index (χ0) is 9.68. The lowest BCUT2D eigenvalue weighted by atomic mass is 10.2. The number of rotatable bonds is 2. The lowest BCUT2D eigenvalue weighted by Crippen LogP contribution is -2.32. The molecule has 0 saturated carbocycles. The number of hydrogen-bond acceptors (Lipinski definition) is 5. The van der Waals surface area contributed by atoms with Crippen LogP contribution in [0.3, 0.4) is 0 Å². The molecule has 0 aromatic heterocycles. The molecule has 1 saturated heterocycles. The van der Waals surface area contributed by atoms with E-state index in [2.05, 4.69) is 9.02 Å². The average molecular weight is 209 g/mol. The number of hydroxylamine groups is 2. The van der Waals surface area contributed by atoms with Crippen LogP contribution in [0.1, 0.15) is 19.3 Å². The normalized spacial score (nSPS) is 20.7. The smallest absolute Gasteiger partial charge is 0.335 e. The highest BCUT2D eigenvalue weighted by Crippen LogP contribution is 2.09. The molecule has 1 rings (SSSR count). The van der Waals surface area contributed by atoms with E-state index in [1.165, 1.54) is 5.06 Å². The minimum absolute atomic E-state index is 0.646. The number of carbonyl (C=O) groups is 1. The first kappa shape index (κ1) is 10.4. The van der Waals surface area contributed by atoms with Crippen LogP contribution in [0.5, 0.6) is 0 Å². The monoisotopic (exact) mass is 209 g/mol. The first-order chi connectivity index (χ1) is 6.18. The topological polar surface area (TPSA) is 76.1 Å². The molecular formula is C6H11NO5S. The summed E-state index contributed by atoms with van der Waals surface area (Å²) in [5.41, 5.74) is 0. The molecule has 1 N–H and O–H groups in total. The molecule has 1 atom stereocenters. The van der Waals surface area contributed by atoms with Gasteiger partial charge in [0.05, 0.1) is 0 Å². The highest BCUT2D eigenvalue weighted by Gasteiger charge is 2.17. The molecule has 0 spiro atoms. The summed E-state index contributed by atoms with van der Waals surface area (Å²) >= 11 is -2.60. The Kier molecular flexibility index (Phi) is 4.13. The van der Waals surface area contributed by atoms with Crippen LogP contribution in [0.15, 0.2) is 0 Å². The van der Waals surface area contributed by atoms with Crippen LogP contribution in [0, 0.1) is 0 Å². The maximum absolute atomic E-state index is 10.7. The van der Waals surface area contributed by atoms with Gasteiger partial charge < -0.3 is 9.02 Å². The maximum atomic E-state index is 10.7. The summed E-state index contributed by atoms with van der Waals surface area (Å²) in [6.45, 7) is 1.29. The van der Waals surface area contributed by atoms with E-state index in [-0.39, 0.29) is 0 Å². The zero-order valence-electron chi connectivity index (χ0n) is 6.97. The van der Waals surface area contributed by atoms with Gasteiger partial charge in [-0.2, -0.15) is 4.21 Å². The van der Waals surface area contributed by atoms with E-state index in [9.17, 15) is 9.00 Å². The van der Waals surface area contributed by atoms with Crippen molar-refractivity contribution in [1.29, 1.82) is 0 Å². The summed E-state index contributed by atoms with van der Waals surface area (Å²) < 4.78 is 22.1. The van der Waals surface area contributed by atoms with Crippen LogP contribution < -0.4 is 0 Å². The Morgan fingerprint density at radius 1 is 1.31 bits per heavy atom. The largest absolute Gasteiger partial charge is 0.544 e. The third kappa shape index (κ3) is 4.20. The molecule has 1 aliphatic rings. The van der Waals surface area contributed by atoms with E-state index in [1.807, 2.05) is 0 Å². The van der Waals surface area contributed by atoms with E-state index >= 15 is 0 Å². The van der Waals surface area contributed by atoms with Crippen LogP contribution in [-0.4, -0.2) is 33.1 Å². The predicted octanol–water partition coefficient (Wildman–Crippen LogP) is 0.677. The molecule has 0 radical (unpaired) electrons. The van der Waals surface area contributed by atoms with Crippen LogP contribution in [-0.2, 0) is 20.4 Å². The minimum atomic E-state index is -2.60. The zero-order valence-corrected chi connectivity index (χ0v) is 7.79. The molecule has 1 aliphatic heterocycles. The van der Waals surface area contributed by atoms with Crippen molar-refractivity contribution >= 4 is 17.5 Å². The third-order valence-corrected chi connectivity index (χ3v) is 1.94. The molecule has 76 valence electrons. The lowest BCUT2D eigenvalue weighted by molar-refractivity contribution is -0.125. The quantitative estimate of drug-likeness (QED) is 0.674. The summed E-state index contributed by atoms with van der Waals surface area (Å²) in [5.74, 6) is 0. The van der Waals surface area contributed by atoms with Crippen molar-refractivity contribution < 1.29 is 22.6 Å². The van der Waals surface area contributed by atoms with Crippen molar-refractivity contribution in [1.82, 2.24) is 5.06 Å². The Morgan fingerprint density at radius 2 is 1.92 bits per heavy atom. The second-order valence-corrected chi connectivity index (χ2v) is 3.23. The van der Waals surface area contributed by atoms with E-state index in [1.54, 1.807) is 0 Å². The van der Waals surface area contributed by atoms with Gasteiger partial charge in [0.25, 0.3) is 0 Å². The van der Waals surface area contributed by atoms with Gasteiger partial charge in [0, 0.05) is 13.1 Å². The Morgan fingerprint density at radius 3 is 2.46 bits per heavy atom. The fraction of sp³-hybridized carbons (Fsp3) is 0.833. The summed E-state index contributed by atoms with van der Waals surface area (Å²) in [4.78, 5) is 15.3. The van der Waals surface area contributed by atoms with Gasteiger partial charge in [0.15, 0.2) is 0 Å². The molecule has 0 aromatic rings. The van der Waals surface area contributed by atoms with Crippen molar-refractivity contribution in [3.63, 3.8) is 0 Å². The molecule has 6 nitrogen and oxygen atoms in total. The van der Waals surface area contributed by atoms with E-state index in [0.717, 1.165) is 19.3 Å². The van der Waals surface area contributed by atoms with E-state index in [0.29, 0.717) is 13.1 Å². The maximum Gasteiger partial charge on any atom is 0.544 e. The molecule has 7 heteroatoms. The Labute approximate surface area is 78.2 Å². The van der Waals surface area contributed by atoms with Crippen LogP contribution in [0.25, 0.3) is 0 Å². The van der Waals surface area contributed by atoms with Gasteiger partial charge >= 0.3 is 17.5 Å². The Hall–Kier alpha value is -0.660. The highest BCUT2D eigenvalue weighted by atomic mass is 32.2. The van der Waals surface area contributed by atoms with Crippen molar-refractivity contribution in [2.45, 2.75) is 19.3 Å². The highest BCUT2D eigenvalue weighted by molar-refractivity contribution is 7.74. The number of carbonyl (C=O) groups excluding carboxylic acids is 1. The first-order valence-electron chi connectivity index (χ1n) is 3.94. The number of piperidine rings is 1. The van der Waals surface area contributed by atoms with Gasteiger partial charge in [-0.05, 0) is 12.8 Å². The van der Waals surface area contributed by atoms with Gasteiger partial charge in [-0.1, -0.05) is 6.42 Å². The second-order valence-electron chi connectivity index (χ2n) is 2.63. The van der Waals surface area contributed by atoms with Crippen molar-refractivity contribution in [2.75, 3.05) is 13.1 Å². The molecule has 0 aromatic carbocycles. The van der Waals surface area contributed by atoms with Crippen LogP contribution in [0.2, 0.25) is 0 Å². The third-order valence-electron chi connectivity index (χ3n) is 1.66. The average Bonchev–Trinajstić information content (AvgIpc) is 2.04. The Bertz CT molecular complexity index is 203.